The van der Waals surface area contributed by atoms with Crippen LogP contribution in [0.3, 0.4) is 0 Å². The fraction of sp³-hybridized carbons (Fsp3) is 0.462. The van der Waals surface area contributed by atoms with Crippen LogP contribution in [0, 0.1) is 6.92 Å². The first-order valence-electron chi connectivity index (χ1n) is 6.10. The second kappa shape index (κ2) is 5.79. The number of aryl methyl sites for hydroxylation is 1. The molecule has 6 nitrogen and oxygen atoms in total. The number of ether oxygens (including phenoxy) is 1. The van der Waals surface area contributed by atoms with Crippen LogP contribution in [0.4, 0.5) is 0 Å². The van der Waals surface area contributed by atoms with Gasteiger partial charge in [0.1, 0.15) is 0 Å². The van der Waals surface area contributed by atoms with E-state index in [0.29, 0.717) is 18.8 Å². The van der Waals surface area contributed by atoms with E-state index in [1.54, 1.807) is 12.3 Å². The Labute approximate surface area is 111 Å². The van der Waals surface area contributed by atoms with Gasteiger partial charge >= 0.3 is 5.97 Å². The topological polar surface area (TPSA) is 79.7 Å². The minimum atomic E-state index is -1.04. The van der Waals surface area contributed by atoms with Gasteiger partial charge in [0.25, 0.3) is 0 Å². The summed E-state index contributed by atoms with van der Waals surface area (Å²) in [6, 6.07) is 2.78. The Morgan fingerprint density at radius 3 is 3.05 bits per heavy atom. The normalized spacial score (nSPS) is 19.2. The lowest BCUT2D eigenvalue weighted by Crippen LogP contribution is -2.53. The maximum Gasteiger partial charge on any atom is 0.328 e. The number of nitrogens with zero attached hydrogens (tertiary/aromatic N) is 2. The molecule has 0 aromatic carbocycles. The molecule has 0 spiro atoms. The van der Waals surface area contributed by atoms with E-state index in [1.807, 2.05) is 13.0 Å². The third kappa shape index (κ3) is 3.08. The Bertz CT molecular complexity index is 489. The predicted molar refractivity (Wildman–Crippen MR) is 66.6 cm³/mol. The quantitative estimate of drug-likeness (QED) is 0.846. The van der Waals surface area contributed by atoms with Crippen LogP contribution in [-0.4, -0.2) is 52.7 Å². The Morgan fingerprint density at radius 2 is 2.37 bits per heavy atom. The molecule has 1 aliphatic rings. The van der Waals surface area contributed by atoms with Crippen LogP contribution in [-0.2, 0) is 20.7 Å². The highest BCUT2D eigenvalue weighted by molar-refractivity contribution is 5.85. The van der Waals surface area contributed by atoms with Crippen molar-refractivity contribution in [2.24, 2.45) is 0 Å². The standard InChI is InChI=1S/C13H16N2O4/c1-9-3-2-4-14-10(9)7-12(16)15-5-6-19-8-11(15)13(17)18/h2-4,11H,5-8H2,1H3,(H,17,18). The number of carboxylic acids is 1. The number of carboxylic acid groups (broad SMARTS) is 1. The summed E-state index contributed by atoms with van der Waals surface area (Å²) < 4.78 is 5.11. The van der Waals surface area contributed by atoms with Gasteiger partial charge in [0, 0.05) is 12.7 Å². The molecule has 0 saturated carbocycles. The Hall–Kier alpha value is -1.95. The number of carbonyl (C=O) groups is 2. The molecule has 1 saturated heterocycles. The number of carbonyl (C=O) groups excluding carboxylic acids is 1. The van der Waals surface area contributed by atoms with E-state index in [-0.39, 0.29) is 18.9 Å². The van der Waals surface area contributed by atoms with Gasteiger partial charge in [-0.05, 0) is 18.6 Å². The first kappa shape index (κ1) is 13.5. The summed E-state index contributed by atoms with van der Waals surface area (Å²) in [6.07, 6.45) is 1.75. The van der Waals surface area contributed by atoms with E-state index in [4.69, 9.17) is 9.84 Å². The Kier molecular flexibility index (Phi) is 4.11. The molecule has 6 heteroatoms. The van der Waals surface area contributed by atoms with Gasteiger partial charge in [0.2, 0.25) is 5.91 Å². The van der Waals surface area contributed by atoms with Gasteiger partial charge in [-0.2, -0.15) is 0 Å². The largest absolute Gasteiger partial charge is 0.480 e. The molecule has 1 fully saturated rings. The summed E-state index contributed by atoms with van der Waals surface area (Å²) >= 11 is 0. The van der Waals surface area contributed by atoms with Crippen molar-refractivity contribution < 1.29 is 19.4 Å². The number of amides is 1. The van der Waals surface area contributed by atoms with Crippen LogP contribution >= 0.6 is 0 Å². The third-order valence-electron chi connectivity index (χ3n) is 3.17. The van der Waals surface area contributed by atoms with Crippen LogP contribution in [0.2, 0.25) is 0 Å². The number of pyridine rings is 1. The van der Waals surface area contributed by atoms with Crippen molar-refractivity contribution in [3.63, 3.8) is 0 Å². The average molecular weight is 264 g/mol. The van der Waals surface area contributed by atoms with Crippen molar-refractivity contribution in [1.29, 1.82) is 0 Å². The first-order chi connectivity index (χ1) is 9.09. The van der Waals surface area contributed by atoms with Crippen molar-refractivity contribution >= 4 is 11.9 Å². The van der Waals surface area contributed by atoms with Gasteiger partial charge in [0.05, 0.1) is 25.3 Å². The maximum atomic E-state index is 12.2. The van der Waals surface area contributed by atoms with Gasteiger partial charge in [0.15, 0.2) is 6.04 Å². The van der Waals surface area contributed by atoms with Crippen molar-refractivity contribution in [1.82, 2.24) is 9.88 Å². The molecule has 0 aliphatic carbocycles. The molecule has 1 unspecified atom stereocenters. The maximum absolute atomic E-state index is 12.2. The monoisotopic (exact) mass is 264 g/mol. The third-order valence-corrected chi connectivity index (χ3v) is 3.17. The molecule has 1 amide bonds. The molecule has 2 rings (SSSR count). The molecular weight excluding hydrogens is 248 g/mol. The fourth-order valence-corrected chi connectivity index (χ4v) is 2.06. The molecule has 1 aromatic heterocycles. The highest BCUT2D eigenvalue weighted by Gasteiger charge is 2.32. The van der Waals surface area contributed by atoms with E-state index < -0.39 is 12.0 Å². The zero-order valence-corrected chi connectivity index (χ0v) is 10.7. The number of hydrogen-bond acceptors (Lipinski definition) is 4. The van der Waals surface area contributed by atoms with Crippen molar-refractivity contribution in [3.05, 3.63) is 29.6 Å². The molecule has 1 aliphatic heterocycles. The number of aliphatic carboxylic acids is 1. The molecule has 1 aromatic rings. The smallest absolute Gasteiger partial charge is 0.328 e. The molecule has 19 heavy (non-hydrogen) atoms. The Balaban J connectivity index is 2.10. The van der Waals surface area contributed by atoms with Crippen LogP contribution < -0.4 is 0 Å². The summed E-state index contributed by atoms with van der Waals surface area (Å²) in [5.41, 5.74) is 1.61. The lowest BCUT2D eigenvalue weighted by atomic mass is 10.1. The van der Waals surface area contributed by atoms with Crippen molar-refractivity contribution in [3.8, 4) is 0 Å². The zero-order chi connectivity index (χ0) is 13.8. The van der Waals surface area contributed by atoms with Gasteiger partial charge in [-0.25, -0.2) is 4.79 Å². The van der Waals surface area contributed by atoms with Crippen LogP contribution in [0.1, 0.15) is 11.3 Å². The number of hydrogen-bond donors (Lipinski definition) is 1. The summed E-state index contributed by atoms with van der Waals surface area (Å²) in [5.74, 6) is -1.26. The molecule has 0 bridgehead atoms. The van der Waals surface area contributed by atoms with E-state index in [2.05, 4.69) is 4.98 Å². The molecule has 2 heterocycles. The second-order valence-corrected chi connectivity index (χ2v) is 4.46. The van der Waals surface area contributed by atoms with Gasteiger partial charge in [-0.3, -0.25) is 9.78 Å². The SMILES string of the molecule is Cc1cccnc1CC(=O)N1CCOCC1C(=O)O. The van der Waals surface area contributed by atoms with Crippen LogP contribution in [0.5, 0.6) is 0 Å². The lowest BCUT2D eigenvalue weighted by molar-refractivity contribution is -0.158. The summed E-state index contributed by atoms with van der Waals surface area (Å²) in [4.78, 5) is 28.8. The predicted octanol–water partition coefficient (Wildman–Crippen LogP) is 0.245. The van der Waals surface area contributed by atoms with Gasteiger partial charge < -0.3 is 14.7 Å². The lowest BCUT2D eigenvalue weighted by Gasteiger charge is -2.32. The first-order valence-corrected chi connectivity index (χ1v) is 6.10. The number of aromatic nitrogens is 1. The van der Waals surface area contributed by atoms with E-state index in [0.717, 1.165) is 5.56 Å². The minimum Gasteiger partial charge on any atom is -0.480 e. The van der Waals surface area contributed by atoms with Crippen molar-refractivity contribution in [2.45, 2.75) is 19.4 Å². The number of rotatable bonds is 3. The highest BCUT2D eigenvalue weighted by Crippen LogP contribution is 2.12. The van der Waals surface area contributed by atoms with Gasteiger partial charge in [-0.1, -0.05) is 6.07 Å². The molecule has 0 radical (unpaired) electrons. The minimum absolute atomic E-state index is 0.0439. The number of morpholine rings is 1. The molecule has 1 atom stereocenters. The van der Waals surface area contributed by atoms with Crippen LogP contribution in [0.15, 0.2) is 18.3 Å². The molecular formula is C13H16N2O4. The zero-order valence-electron chi connectivity index (χ0n) is 10.7. The average Bonchev–Trinajstić information content (AvgIpc) is 2.41. The summed E-state index contributed by atoms with van der Waals surface area (Å²) in [6.45, 7) is 2.60. The molecule has 102 valence electrons. The molecule has 1 N–H and O–H groups in total. The van der Waals surface area contributed by atoms with Crippen molar-refractivity contribution in [2.75, 3.05) is 19.8 Å². The van der Waals surface area contributed by atoms with Crippen LogP contribution in [0.25, 0.3) is 0 Å². The van der Waals surface area contributed by atoms with Gasteiger partial charge in [-0.15, -0.1) is 0 Å². The Morgan fingerprint density at radius 1 is 1.58 bits per heavy atom. The van der Waals surface area contributed by atoms with E-state index in [9.17, 15) is 9.59 Å². The second-order valence-electron chi connectivity index (χ2n) is 4.46. The van der Waals surface area contributed by atoms with E-state index >= 15 is 0 Å². The fourth-order valence-electron chi connectivity index (χ4n) is 2.06. The summed E-state index contributed by atoms with van der Waals surface area (Å²) in [7, 11) is 0. The van der Waals surface area contributed by atoms with E-state index in [1.165, 1.54) is 4.90 Å². The summed E-state index contributed by atoms with van der Waals surface area (Å²) in [5, 5.41) is 9.09. The highest BCUT2D eigenvalue weighted by atomic mass is 16.5.